The number of aryl methyl sites for hydroxylation is 2. The minimum atomic E-state index is -0.717. The number of pyridine rings is 1. The molecule has 0 bridgehead atoms. The van der Waals surface area contributed by atoms with Crippen LogP contribution in [0.4, 0.5) is 0 Å². The molecule has 0 fully saturated rings. The average molecular weight is 447 g/mol. The first-order valence-corrected chi connectivity index (χ1v) is 10.7. The molecule has 7 heteroatoms. The fourth-order valence-corrected chi connectivity index (χ4v) is 4.29. The number of phenolic OH excluding ortho intramolecular Hbond substituents is 1. The molecule has 0 radical (unpaired) electrons. The summed E-state index contributed by atoms with van der Waals surface area (Å²) in [6, 6.07) is 15.8. The predicted octanol–water partition coefficient (Wildman–Crippen LogP) is 3.99. The highest BCUT2D eigenvalue weighted by atomic mass is 16.5. The number of esters is 1. The van der Waals surface area contributed by atoms with Gasteiger partial charge in [-0.25, -0.2) is 0 Å². The lowest BCUT2D eigenvalue weighted by atomic mass is 9.88. The third-order valence-corrected chi connectivity index (χ3v) is 6.04. The molecule has 0 aliphatic rings. The number of carbonyl (C=O) groups excluding carboxylic acids is 1. The number of aromatic hydroxyl groups is 2. The second-order valence-electron chi connectivity index (χ2n) is 8.08. The number of aromatic nitrogens is 2. The van der Waals surface area contributed by atoms with Crippen LogP contribution in [0.25, 0.3) is 10.9 Å². The van der Waals surface area contributed by atoms with Crippen molar-refractivity contribution in [3.05, 3.63) is 93.5 Å². The summed E-state index contributed by atoms with van der Waals surface area (Å²) in [6.07, 6.45) is 2.45. The lowest BCUT2D eigenvalue weighted by Crippen LogP contribution is -2.29. The van der Waals surface area contributed by atoms with Crippen molar-refractivity contribution in [1.82, 2.24) is 9.55 Å². The van der Waals surface area contributed by atoms with Gasteiger partial charge in [0, 0.05) is 35.3 Å². The van der Waals surface area contributed by atoms with Crippen LogP contribution in [0, 0.1) is 6.92 Å². The van der Waals surface area contributed by atoms with Crippen LogP contribution in [-0.4, -0.2) is 32.8 Å². The predicted molar refractivity (Wildman–Crippen MR) is 126 cm³/mol. The number of nitrogens with zero attached hydrogens (tertiary/aromatic N) is 1. The standard InChI is InChI=1S/C26H26N2O5/c1-16-13-23(30)25(21(14-24(31)33-2)17-7-9-19(29)10-8-17)26(32)28(16)12-11-18-15-27-22-6-4-3-5-20(18)22/h3-10,13,15,21,27,29-30H,11-12,14H2,1-2H3/t21-/m0/s1. The van der Waals surface area contributed by atoms with Gasteiger partial charge in [-0.3, -0.25) is 9.59 Å². The number of rotatable bonds is 7. The first-order valence-electron chi connectivity index (χ1n) is 10.7. The van der Waals surface area contributed by atoms with E-state index in [1.807, 2.05) is 30.5 Å². The number of hydrogen-bond acceptors (Lipinski definition) is 5. The van der Waals surface area contributed by atoms with Crippen molar-refractivity contribution in [3.63, 3.8) is 0 Å². The summed E-state index contributed by atoms with van der Waals surface area (Å²) in [5, 5.41) is 21.5. The van der Waals surface area contributed by atoms with Gasteiger partial charge in [-0.05, 0) is 48.7 Å². The number of H-pyrrole nitrogens is 1. The van der Waals surface area contributed by atoms with E-state index in [1.54, 1.807) is 29.7 Å². The summed E-state index contributed by atoms with van der Waals surface area (Å²) in [7, 11) is 1.28. The highest BCUT2D eigenvalue weighted by Gasteiger charge is 2.26. The van der Waals surface area contributed by atoms with Crippen molar-refractivity contribution >= 4 is 16.9 Å². The van der Waals surface area contributed by atoms with Crippen molar-refractivity contribution in [3.8, 4) is 11.5 Å². The maximum atomic E-state index is 13.6. The highest BCUT2D eigenvalue weighted by Crippen LogP contribution is 2.33. The van der Waals surface area contributed by atoms with Crippen molar-refractivity contribution in [2.75, 3.05) is 7.11 Å². The first kappa shape index (κ1) is 22.2. The fraction of sp³-hybridized carbons (Fsp3) is 0.231. The van der Waals surface area contributed by atoms with Gasteiger partial charge in [0.2, 0.25) is 0 Å². The topological polar surface area (TPSA) is 105 Å². The molecule has 0 spiro atoms. The molecule has 0 amide bonds. The number of nitrogens with one attached hydrogen (secondary N) is 1. The minimum absolute atomic E-state index is 0.0693. The molecular weight excluding hydrogens is 420 g/mol. The number of hydrogen-bond donors (Lipinski definition) is 3. The number of phenols is 1. The second kappa shape index (κ2) is 9.24. The zero-order valence-electron chi connectivity index (χ0n) is 18.5. The molecule has 0 saturated carbocycles. The summed E-state index contributed by atoms with van der Waals surface area (Å²) < 4.78 is 6.46. The molecule has 1 atom stereocenters. The van der Waals surface area contributed by atoms with Crippen LogP contribution in [0.3, 0.4) is 0 Å². The van der Waals surface area contributed by atoms with Crippen LogP contribution in [0.5, 0.6) is 11.5 Å². The molecule has 0 aliphatic carbocycles. The molecule has 2 aromatic heterocycles. The zero-order chi connectivity index (χ0) is 23.5. The SMILES string of the molecule is COC(=O)C[C@@H](c1ccc(O)cc1)c1c(O)cc(C)n(CCc2c[nH]c3ccccc23)c1=O. The Morgan fingerprint density at radius 3 is 2.58 bits per heavy atom. The van der Waals surface area contributed by atoms with Gasteiger partial charge >= 0.3 is 5.97 Å². The Balaban J connectivity index is 1.74. The molecule has 3 N–H and O–H groups in total. The lowest BCUT2D eigenvalue weighted by molar-refractivity contribution is -0.140. The number of carbonyl (C=O) groups is 1. The van der Waals surface area contributed by atoms with E-state index in [-0.39, 0.29) is 29.0 Å². The van der Waals surface area contributed by atoms with Gasteiger partial charge in [-0.1, -0.05) is 30.3 Å². The largest absolute Gasteiger partial charge is 0.508 e. The number of aromatic amines is 1. The van der Waals surface area contributed by atoms with Gasteiger partial charge in [0.25, 0.3) is 5.56 Å². The Morgan fingerprint density at radius 1 is 1.12 bits per heavy atom. The van der Waals surface area contributed by atoms with Gasteiger partial charge in [0.15, 0.2) is 0 Å². The molecule has 170 valence electrons. The molecule has 4 aromatic rings. The quantitative estimate of drug-likeness (QED) is 0.373. The van der Waals surface area contributed by atoms with Gasteiger partial charge < -0.3 is 24.5 Å². The van der Waals surface area contributed by atoms with E-state index < -0.39 is 11.9 Å². The average Bonchev–Trinajstić information content (AvgIpc) is 3.21. The van der Waals surface area contributed by atoms with E-state index in [1.165, 1.54) is 19.2 Å². The third kappa shape index (κ3) is 4.48. The number of fused-ring (bicyclic) bond motifs is 1. The number of benzene rings is 2. The normalized spacial score (nSPS) is 12.1. The number of para-hydroxylation sites is 1. The van der Waals surface area contributed by atoms with E-state index in [4.69, 9.17) is 4.74 Å². The van der Waals surface area contributed by atoms with Crippen LogP contribution in [-0.2, 0) is 22.5 Å². The lowest BCUT2D eigenvalue weighted by Gasteiger charge is -2.20. The zero-order valence-corrected chi connectivity index (χ0v) is 18.5. The Kier molecular flexibility index (Phi) is 6.22. The van der Waals surface area contributed by atoms with Crippen molar-refractivity contribution in [2.24, 2.45) is 0 Å². The number of ether oxygens (including phenoxy) is 1. The van der Waals surface area contributed by atoms with Crippen molar-refractivity contribution in [1.29, 1.82) is 0 Å². The molecule has 0 aliphatic heterocycles. The molecule has 4 rings (SSSR count). The first-order chi connectivity index (χ1) is 15.9. The second-order valence-corrected chi connectivity index (χ2v) is 8.08. The molecule has 0 saturated heterocycles. The van der Waals surface area contributed by atoms with E-state index in [0.29, 0.717) is 24.2 Å². The summed E-state index contributed by atoms with van der Waals surface area (Å²) >= 11 is 0. The molecule has 2 aromatic carbocycles. The van der Waals surface area contributed by atoms with Gasteiger partial charge in [0.1, 0.15) is 11.5 Å². The maximum Gasteiger partial charge on any atom is 0.306 e. The monoisotopic (exact) mass is 446 g/mol. The van der Waals surface area contributed by atoms with Crippen LogP contribution in [0.2, 0.25) is 0 Å². The van der Waals surface area contributed by atoms with Crippen LogP contribution >= 0.6 is 0 Å². The Bertz CT molecular complexity index is 1350. The Hall–Kier alpha value is -4.00. The summed E-state index contributed by atoms with van der Waals surface area (Å²) in [4.78, 5) is 29.0. The molecule has 0 unspecified atom stereocenters. The Morgan fingerprint density at radius 2 is 1.85 bits per heavy atom. The van der Waals surface area contributed by atoms with E-state index in [0.717, 1.165) is 16.5 Å². The number of methoxy groups -OCH3 is 1. The minimum Gasteiger partial charge on any atom is -0.508 e. The molecule has 2 heterocycles. The van der Waals surface area contributed by atoms with E-state index in [9.17, 15) is 19.8 Å². The Labute approximate surface area is 190 Å². The highest BCUT2D eigenvalue weighted by molar-refractivity contribution is 5.83. The van der Waals surface area contributed by atoms with Gasteiger partial charge in [0.05, 0.1) is 19.1 Å². The van der Waals surface area contributed by atoms with Crippen molar-refractivity contribution in [2.45, 2.75) is 32.2 Å². The van der Waals surface area contributed by atoms with Crippen molar-refractivity contribution < 1.29 is 19.7 Å². The third-order valence-electron chi connectivity index (χ3n) is 6.04. The van der Waals surface area contributed by atoms with Gasteiger partial charge in [-0.2, -0.15) is 0 Å². The van der Waals surface area contributed by atoms with E-state index >= 15 is 0 Å². The summed E-state index contributed by atoms with van der Waals surface area (Å²) in [5.41, 5.74) is 3.16. The van der Waals surface area contributed by atoms with E-state index in [2.05, 4.69) is 4.98 Å². The van der Waals surface area contributed by atoms with Crippen LogP contribution < -0.4 is 5.56 Å². The van der Waals surface area contributed by atoms with Crippen LogP contribution in [0.1, 0.15) is 34.7 Å². The maximum absolute atomic E-state index is 13.6. The fourth-order valence-electron chi connectivity index (χ4n) is 4.29. The molecule has 7 nitrogen and oxygen atoms in total. The molecule has 33 heavy (non-hydrogen) atoms. The van der Waals surface area contributed by atoms with Crippen LogP contribution in [0.15, 0.2) is 65.6 Å². The summed E-state index contributed by atoms with van der Waals surface area (Å²) in [6.45, 7) is 2.19. The summed E-state index contributed by atoms with van der Waals surface area (Å²) in [5.74, 6) is -1.31. The van der Waals surface area contributed by atoms with Gasteiger partial charge in [-0.15, -0.1) is 0 Å². The molecular formula is C26H26N2O5. The smallest absolute Gasteiger partial charge is 0.306 e.